The molecule has 3 aliphatic rings. The lowest BCUT2D eigenvalue weighted by Gasteiger charge is -2.30. The quantitative estimate of drug-likeness (QED) is 0.637. The van der Waals surface area contributed by atoms with Crippen LogP contribution in [0.1, 0.15) is 28.8 Å². The molecule has 0 saturated carbocycles. The number of carbonyl (C=O) groups is 3. The van der Waals surface area contributed by atoms with Crippen molar-refractivity contribution in [2.75, 3.05) is 18.5 Å². The summed E-state index contributed by atoms with van der Waals surface area (Å²) in [5.41, 5.74) is 1.98. The average Bonchev–Trinajstić information content (AvgIpc) is 2.91. The van der Waals surface area contributed by atoms with Gasteiger partial charge >= 0.3 is 0 Å². The number of ether oxygens (including phenoxy) is 1. The van der Waals surface area contributed by atoms with Gasteiger partial charge in [-0.25, -0.2) is 0 Å². The van der Waals surface area contributed by atoms with Gasteiger partial charge in [0.05, 0.1) is 18.3 Å². The first-order valence-corrected chi connectivity index (χ1v) is 7.89. The van der Waals surface area contributed by atoms with Crippen LogP contribution in [0.4, 0.5) is 5.69 Å². The summed E-state index contributed by atoms with van der Waals surface area (Å²) in [4.78, 5) is 37.6. The fraction of sp³-hybridized carbons (Fsp3) is 0.438. The van der Waals surface area contributed by atoms with Crippen molar-refractivity contribution in [3.8, 4) is 5.75 Å². The Bertz CT molecular complexity index is 747. The van der Waals surface area contributed by atoms with Crippen LogP contribution in [0.2, 0.25) is 0 Å². The van der Waals surface area contributed by atoms with E-state index >= 15 is 0 Å². The monoisotopic (exact) mass is 331 g/mol. The fourth-order valence-electron chi connectivity index (χ4n) is 3.43. The van der Waals surface area contributed by atoms with Gasteiger partial charge < -0.3 is 20.1 Å². The third kappa shape index (κ3) is 2.22. The van der Waals surface area contributed by atoms with Gasteiger partial charge in [0.15, 0.2) is 0 Å². The molecule has 3 aliphatic heterocycles. The van der Waals surface area contributed by atoms with Crippen LogP contribution in [0, 0.1) is 0 Å². The number of benzene rings is 1. The van der Waals surface area contributed by atoms with Crippen molar-refractivity contribution in [2.45, 2.75) is 31.5 Å². The normalized spacial score (nSPS) is 25.5. The second-order valence-corrected chi connectivity index (χ2v) is 6.20. The number of hydrogen-bond acceptors (Lipinski definition) is 6. The van der Waals surface area contributed by atoms with Crippen LogP contribution in [-0.4, -0.2) is 53.0 Å². The van der Waals surface area contributed by atoms with Crippen LogP contribution < -0.4 is 15.4 Å². The van der Waals surface area contributed by atoms with Gasteiger partial charge in [0, 0.05) is 24.1 Å². The Labute approximate surface area is 137 Å². The summed E-state index contributed by atoms with van der Waals surface area (Å²) in [6.45, 7) is 0.555. The molecule has 2 atom stereocenters. The molecular formula is C16H17N3O5. The maximum Gasteiger partial charge on any atom is 0.255 e. The van der Waals surface area contributed by atoms with E-state index < -0.39 is 11.9 Å². The lowest BCUT2D eigenvalue weighted by molar-refractivity contribution is -0.136. The Kier molecular flexibility index (Phi) is 3.42. The Morgan fingerprint density at radius 3 is 2.88 bits per heavy atom. The molecule has 3 N–H and O–H groups in total. The number of nitrogens with zero attached hydrogens (tertiary/aromatic N) is 1. The number of aliphatic hydroxyl groups excluding tert-OH is 1. The summed E-state index contributed by atoms with van der Waals surface area (Å²) in [6, 6.07) is 2.55. The van der Waals surface area contributed by atoms with E-state index in [2.05, 4.69) is 10.6 Å². The molecule has 1 aromatic rings. The second-order valence-electron chi connectivity index (χ2n) is 6.20. The second kappa shape index (κ2) is 5.48. The number of aliphatic hydroxyl groups is 1. The Morgan fingerprint density at radius 2 is 2.12 bits per heavy atom. The molecule has 3 amide bonds. The van der Waals surface area contributed by atoms with Gasteiger partial charge in [-0.3, -0.25) is 19.7 Å². The predicted molar refractivity (Wildman–Crippen MR) is 82.5 cm³/mol. The van der Waals surface area contributed by atoms with Crippen LogP contribution in [0.25, 0.3) is 0 Å². The molecule has 0 aliphatic carbocycles. The number of rotatable bonds is 2. The Morgan fingerprint density at radius 1 is 1.29 bits per heavy atom. The molecule has 1 saturated heterocycles. The zero-order chi connectivity index (χ0) is 16.8. The van der Waals surface area contributed by atoms with Crippen molar-refractivity contribution < 1.29 is 24.2 Å². The molecule has 0 bridgehead atoms. The molecule has 0 radical (unpaired) electrons. The minimum atomic E-state index is -0.642. The molecule has 8 nitrogen and oxygen atoms in total. The molecule has 1 aromatic carbocycles. The van der Waals surface area contributed by atoms with Crippen molar-refractivity contribution in [1.29, 1.82) is 0 Å². The summed E-state index contributed by atoms with van der Waals surface area (Å²) in [7, 11) is 0. The van der Waals surface area contributed by atoms with Gasteiger partial charge in [0.2, 0.25) is 11.8 Å². The highest BCUT2D eigenvalue weighted by atomic mass is 16.5. The maximum absolute atomic E-state index is 12.7. The summed E-state index contributed by atoms with van der Waals surface area (Å²) < 4.78 is 5.63. The molecule has 126 valence electrons. The number of hydrogen-bond donors (Lipinski definition) is 3. The smallest absolute Gasteiger partial charge is 0.255 e. The molecule has 0 aromatic heterocycles. The van der Waals surface area contributed by atoms with E-state index in [9.17, 15) is 19.5 Å². The van der Waals surface area contributed by atoms with Crippen LogP contribution in [0.15, 0.2) is 12.1 Å². The SMILES string of the molecule is O=C1CC[C@H](N2Cc3c(ccc4c3N[C@@H](CO)CO4)C2=O)C(=O)N1. The minimum absolute atomic E-state index is 0.0755. The number of nitrogens with one attached hydrogen (secondary N) is 2. The topological polar surface area (TPSA) is 108 Å². The van der Waals surface area contributed by atoms with Gasteiger partial charge in [0.25, 0.3) is 5.91 Å². The number of carbonyl (C=O) groups excluding carboxylic acids is 3. The lowest BCUT2D eigenvalue weighted by atomic mass is 10.0. The van der Waals surface area contributed by atoms with Gasteiger partial charge in [-0.2, -0.15) is 0 Å². The molecular weight excluding hydrogens is 314 g/mol. The van der Waals surface area contributed by atoms with E-state index in [1.807, 2.05) is 0 Å². The van der Waals surface area contributed by atoms with Crippen LogP contribution in [-0.2, 0) is 16.1 Å². The molecule has 8 heteroatoms. The van der Waals surface area contributed by atoms with E-state index in [0.717, 1.165) is 5.56 Å². The van der Waals surface area contributed by atoms with Crippen LogP contribution >= 0.6 is 0 Å². The molecule has 0 unspecified atom stereocenters. The number of imide groups is 1. The van der Waals surface area contributed by atoms with Crippen molar-refractivity contribution >= 4 is 23.4 Å². The van der Waals surface area contributed by atoms with Gasteiger partial charge in [-0.05, 0) is 18.6 Å². The number of amides is 3. The summed E-state index contributed by atoms with van der Waals surface area (Å²) in [6.07, 6.45) is 0.554. The van der Waals surface area contributed by atoms with Gasteiger partial charge in [0.1, 0.15) is 18.4 Å². The summed E-state index contributed by atoms with van der Waals surface area (Å²) >= 11 is 0. The van der Waals surface area contributed by atoms with Crippen molar-refractivity contribution in [3.63, 3.8) is 0 Å². The predicted octanol–water partition coefficient (Wildman–Crippen LogP) is -0.387. The van der Waals surface area contributed by atoms with E-state index in [1.54, 1.807) is 12.1 Å². The molecule has 1 fully saturated rings. The fourth-order valence-corrected chi connectivity index (χ4v) is 3.43. The first-order chi connectivity index (χ1) is 11.6. The first-order valence-electron chi connectivity index (χ1n) is 7.89. The summed E-state index contributed by atoms with van der Waals surface area (Å²) in [5.74, 6) is -0.330. The maximum atomic E-state index is 12.7. The third-order valence-corrected chi connectivity index (χ3v) is 4.69. The number of fused-ring (bicyclic) bond motifs is 3. The largest absolute Gasteiger partial charge is 0.489 e. The number of piperidine rings is 1. The van der Waals surface area contributed by atoms with Crippen molar-refractivity contribution in [1.82, 2.24) is 10.2 Å². The highest BCUT2D eigenvalue weighted by Gasteiger charge is 2.41. The summed E-state index contributed by atoms with van der Waals surface area (Å²) in [5, 5.41) is 14.8. The Balaban J connectivity index is 1.65. The highest BCUT2D eigenvalue weighted by molar-refractivity contribution is 6.06. The first kappa shape index (κ1) is 14.9. The molecule has 3 heterocycles. The van der Waals surface area contributed by atoms with E-state index in [4.69, 9.17) is 4.74 Å². The number of anilines is 1. The average molecular weight is 331 g/mol. The van der Waals surface area contributed by atoms with Gasteiger partial charge in [-0.1, -0.05) is 0 Å². The zero-order valence-corrected chi connectivity index (χ0v) is 12.9. The van der Waals surface area contributed by atoms with E-state index in [-0.39, 0.29) is 37.4 Å². The highest BCUT2D eigenvalue weighted by Crippen LogP contribution is 2.40. The minimum Gasteiger partial charge on any atom is -0.489 e. The van der Waals surface area contributed by atoms with Gasteiger partial charge in [-0.15, -0.1) is 0 Å². The molecule has 24 heavy (non-hydrogen) atoms. The van der Waals surface area contributed by atoms with E-state index in [1.165, 1.54) is 4.90 Å². The Hall–Kier alpha value is -2.61. The van der Waals surface area contributed by atoms with Crippen molar-refractivity contribution in [3.05, 3.63) is 23.3 Å². The lowest BCUT2D eigenvalue weighted by Crippen LogP contribution is -2.52. The van der Waals surface area contributed by atoms with Crippen molar-refractivity contribution in [2.24, 2.45) is 0 Å². The third-order valence-electron chi connectivity index (χ3n) is 4.69. The standard InChI is InChI=1S/C16H17N3O5/c20-6-8-7-24-12-3-1-9-10(14(12)17-8)5-19(16(9)23)11-2-4-13(21)18-15(11)22/h1,3,8,11,17,20H,2,4-7H2,(H,18,21,22)/t8-,11-/m0/s1. The molecule has 4 rings (SSSR count). The van der Waals surface area contributed by atoms with Crippen LogP contribution in [0.5, 0.6) is 5.75 Å². The van der Waals surface area contributed by atoms with Crippen LogP contribution in [0.3, 0.4) is 0 Å². The zero-order valence-electron chi connectivity index (χ0n) is 12.9. The molecule has 0 spiro atoms. The van der Waals surface area contributed by atoms with E-state index in [0.29, 0.717) is 30.0 Å².